The molecule has 68 valence electrons. The maximum Gasteiger partial charge on any atom is 0.248 e. The quantitative estimate of drug-likeness (QED) is 0.585. The summed E-state index contributed by atoms with van der Waals surface area (Å²) in [6.07, 6.45) is 4.77. The van der Waals surface area contributed by atoms with Gasteiger partial charge in [-0.1, -0.05) is 0 Å². The van der Waals surface area contributed by atoms with E-state index in [2.05, 4.69) is 9.89 Å². The predicted octanol–water partition coefficient (Wildman–Crippen LogP) is 1.62. The summed E-state index contributed by atoms with van der Waals surface area (Å²) in [7, 11) is 2.02. The summed E-state index contributed by atoms with van der Waals surface area (Å²) in [4.78, 5) is 6.33. The number of rotatable bonds is 2. The fraction of sp³-hybridized carbons (Fsp3) is 0.667. The standard InChI is InChI=1S/C9H16N2O/c1-4-8(2)12-9-10-6-5-7-11(9)3/h4,6,9H,5,7H2,1-3H3. The van der Waals surface area contributed by atoms with Crippen LogP contribution >= 0.6 is 0 Å². The summed E-state index contributed by atoms with van der Waals surface area (Å²) < 4.78 is 5.54. The van der Waals surface area contributed by atoms with Crippen LogP contribution in [0.15, 0.2) is 16.8 Å². The molecule has 1 aliphatic rings. The minimum atomic E-state index is -0.116. The van der Waals surface area contributed by atoms with Gasteiger partial charge in [-0.05, 0) is 33.4 Å². The first-order chi connectivity index (χ1) is 5.74. The third-order valence-electron chi connectivity index (χ3n) is 1.92. The molecule has 0 bridgehead atoms. The fourth-order valence-electron chi connectivity index (χ4n) is 1.01. The third kappa shape index (κ3) is 2.34. The second kappa shape index (κ2) is 4.26. The van der Waals surface area contributed by atoms with Crippen molar-refractivity contribution in [3.63, 3.8) is 0 Å². The molecule has 0 aromatic heterocycles. The van der Waals surface area contributed by atoms with Crippen LogP contribution in [0, 0.1) is 0 Å². The van der Waals surface area contributed by atoms with Crippen molar-refractivity contribution in [2.45, 2.75) is 26.6 Å². The summed E-state index contributed by atoms with van der Waals surface area (Å²) in [5, 5.41) is 0. The first kappa shape index (κ1) is 9.26. The molecule has 3 nitrogen and oxygen atoms in total. The molecular weight excluding hydrogens is 152 g/mol. The van der Waals surface area contributed by atoms with E-state index in [0.717, 1.165) is 18.7 Å². The van der Waals surface area contributed by atoms with Crippen LogP contribution in [0.5, 0.6) is 0 Å². The lowest BCUT2D eigenvalue weighted by Crippen LogP contribution is -2.36. The van der Waals surface area contributed by atoms with Crippen molar-refractivity contribution >= 4 is 6.21 Å². The number of aliphatic imine (C=N–C) groups is 1. The van der Waals surface area contributed by atoms with E-state index in [9.17, 15) is 0 Å². The molecule has 1 atom stereocenters. The molecule has 1 heterocycles. The zero-order chi connectivity index (χ0) is 8.97. The van der Waals surface area contributed by atoms with E-state index < -0.39 is 0 Å². The van der Waals surface area contributed by atoms with E-state index in [1.165, 1.54) is 0 Å². The molecule has 1 rings (SSSR count). The molecule has 0 saturated carbocycles. The Morgan fingerprint density at radius 2 is 2.50 bits per heavy atom. The van der Waals surface area contributed by atoms with Gasteiger partial charge in [0.25, 0.3) is 0 Å². The molecule has 0 fully saturated rings. The minimum absolute atomic E-state index is 0.116. The van der Waals surface area contributed by atoms with Crippen molar-refractivity contribution in [2.24, 2.45) is 4.99 Å². The van der Waals surface area contributed by atoms with Crippen molar-refractivity contribution in [2.75, 3.05) is 13.6 Å². The molecule has 1 unspecified atom stereocenters. The lowest BCUT2D eigenvalue weighted by Gasteiger charge is -2.27. The van der Waals surface area contributed by atoms with E-state index in [0.29, 0.717) is 0 Å². The van der Waals surface area contributed by atoms with Crippen LogP contribution < -0.4 is 0 Å². The van der Waals surface area contributed by atoms with Gasteiger partial charge in [-0.2, -0.15) is 0 Å². The van der Waals surface area contributed by atoms with Gasteiger partial charge < -0.3 is 4.74 Å². The molecule has 0 spiro atoms. The van der Waals surface area contributed by atoms with Crippen molar-refractivity contribution in [1.82, 2.24) is 4.90 Å². The second-order valence-electron chi connectivity index (χ2n) is 2.94. The largest absolute Gasteiger partial charge is 0.460 e. The lowest BCUT2D eigenvalue weighted by molar-refractivity contribution is -0.00330. The zero-order valence-corrected chi connectivity index (χ0v) is 7.95. The van der Waals surface area contributed by atoms with Crippen LogP contribution in [0.2, 0.25) is 0 Å². The van der Waals surface area contributed by atoms with Gasteiger partial charge in [0.15, 0.2) is 0 Å². The predicted molar refractivity (Wildman–Crippen MR) is 50.0 cm³/mol. The number of hydrogen-bond donors (Lipinski definition) is 0. The molecular formula is C9H16N2O. The highest BCUT2D eigenvalue weighted by Gasteiger charge is 2.16. The Bertz CT molecular complexity index is 199. The maximum atomic E-state index is 5.54. The maximum absolute atomic E-state index is 5.54. The topological polar surface area (TPSA) is 24.8 Å². The number of allylic oxidation sites excluding steroid dienone is 2. The molecule has 0 aliphatic carbocycles. The minimum Gasteiger partial charge on any atom is -0.460 e. The van der Waals surface area contributed by atoms with Gasteiger partial charge in [-0.25, -0.2) is 4.99 Å². The van der Waals surface area contributed by atoms with Crippen LogP contribution in [-0.2, 0) is 4.74 Å². The fourth-order valence-corrected chi connectivity index (χ4v) is 1.01. The summed E-state index contributed by atoms with van der Waals surface area (Å²) in [5.41, 5.74) is 0. The van der Waals surface area contributed by atoms with Gasteiger partial charge in [0, 0.05) is 12.8 Å². The van der Waals surface area contributed by atoms with Gasteiger partial charge in [0.2, 0.25) is 6.35 Å². The Labute approximate surface area is 73.7 Å². The highest BCUT2D eigenvalue weighted by Crippen LogP contribution is 2.10. The van der Waals surface area contributed by atoms with Gasteiger partial charge in [0.05, 0.1) is 5.76 Å². The second-order valence-corrected chi connectivity index (χ2v) is 2.94. The van der Waals surface area contributed by atoms with Gasteiger partial charge in [-0.3, -0.25) is 4.90 Å². The van der Waals surface area contributed by atoms with E-state index >= 15 is 0 Å². The van der Waals surface area contributed by atoms with Crippen LogP contribution in [0.25, 0.3) is 0 Å². The summed E-state index contributed by atoms with van der Waals surface area (Å²) >= 11 is 0. The van der Waals surface area contributed by atoms with E-state index in [1.54, 1.807) is 0 Å². The average Bonchev–Trinajstić information content (AvgIpc) is 2.09. The monoisotopic (exact) mass is 168 g/mol. The van der Waals surface area contributed by atoms with E-state index in [4.69, 9.17) is 4.74 Å². The van der Waals surface area contributed by atoms with Crippen molar-refractivity contribution in [3.8, 4) is 0 Å². The van der Waals surface area contributed by atoms with Crippen molar-refractivity contribution in [3.05, 3.63) is 11.8 Å². The molecule has 0 radical (unpaired) electrons. The van der Waals surface area contributed by atoms with Crippen LogP contribution in [-0.4, -0.2) is 31.1 Å². The summed E-state index contributed by atoms with van der Waals surface area (Å²) in [6, 6.07) is 0. The summed E-state index contributed by atoms with van der Waals surface area (Å²) in [6.45, 7) is 4.92. The number of ether oxygens (including phenoxy) is 1. The first-order valence-electron chi connectivity index (χ1n) is 4.25. The smallest absolute Gasteiger partial charge is 0.248 e. The number of hydrogen-bond acceptors (Lipinski definition) is 3. The van der Waals surface area contributed by atoms with Gasteiger partial charge in [-0.15, -0.1) is 0 Å². The highest BCUT2D eigenvalue weighted by molar-refractivity contribution is 5.58. The van der Waals surface area contributed by atoms with Crippen LogP contribution in [0.3, 0.4) is 0 Å². The van der Waals surface area contributed by atoms with Crippen LogP contribution in [0.1, 0.15) is 20.3 Å². The van der Waals surface area contributed by atoms with E-state index in [1.807, 2.05) is 33.2 Å². The Morgan fingerprint density at radius 1 is 1.75 bits per heavy atom. The normalized spacial score (nSPS) is 25.9. The van der Waals surface area contributed by atoms with Crippen LogP contribution in [0.4, 0.5) is 0 Å². The van der Waals surface area contributed by atoms with Crippen molar-refractivity contribution < 1.29 is 4.74 Å². The third-order valence-corrected chi connectivity index (χ3v) is 1.92. The summed E-state index contributed by atoms with van der Waals surface area (Å²) in [5.74, 6) is 0.922. The molecule has 0 saturated heterocycles. The van der Waals surface area contributed by atoms with Gasteiger partial charge in [0.1, 0.15) is 0 Å². The zero-order valence-electron chi connectivity index (χ0n) is 7.95. The Morgan fingerprint density at radius 3 is 3.08 bits per heavy atom. The number of nitrogens with zero attached hydrogens (tertiary/aromatic N) is 2. The first-order valence-corrected chi connectivity index (χ1v) is 4.25. The van der Waals surface area contributed by atoms with Gasteiger partial charge >= 0.3 is 0 Å². The molecule has 3 heteroatoms. The Hall–Kier alpha value is -0.830. The highest BCUT2D eigenvalue weighted by atomic mass is 16.5. The van der Waals surface area contributed by atoms with E-state index in [-0.39, 0.29) is 6.35 Å². The molecule has 12 heavy (non-hydrogen) atoms. The Balaban J connectivity index is 2.50. The average molecular weight is 168 g/mol. The lowest BCUT2D eigenvalue weighted by atomic mass is 10.4. The Kier molecular flexibility index (Phi) is 3.29. The molecule has 0 aromatic rings. The molecule has 1 aliphatic heterocycles. The molecule has 0 aromatic carbocycles. The SMILES string of the molecule is CC=C(C)OC1N=CCCN1C. The van der Waals surface area contributed by atoms with Crippen molar-refractivity contribution in [1.29, 1.82) is 0 Å². The molecule has 0 amide bonds. The molecule has 0 N–H and O–H groups in total.